The lowest BCUT2D eigenvalue weighted by molar-refractivity contribution is -0.136. The number of halogens is 4. The van der Waals surface area contributed by atoms with Crippen LogP contribution in [0.2, 0.25) is 5.02 Å². The molecule has 0 radical (unpaired) electrons. The van der Waals surface area contributed by atoms with Gasteiger partial charge in [-0.05, 0) is 18.2 Å². The summed E-state index contributed by atoms with van der Waals surface area (Å²) in [6.45, 7) is 4.00. The summed E-state index contributed by atoms with van der Waals surface area (Å²) in [6.07, 6.45) is -3.02. The lowest BCUT2D eigenvalue weighted by Gasteiger charge is -2.11. The molecular weight excluding hydrogens is 251 g/mol. The molecule has 1 nitrogen and oxygen atoms in total. The van der Waals surface area contributed by atoms with Gasteiger partial charge in [0, 0.05) is 11.6 Å². The molecular formula is C12H11ClF3N. The highest BCUT2D eigenvalue weighted by Gasteiger charge is 2.35. The zero-order valence-corrected chi connectivity index (χ0v) is 10.1. The fourth-order valence-electron chi connectivity index (χ4n) is 1.41. The molecule has 0 saturated heterocycles. The van der Waals surface area contributed by atoms with E-state index in [2.05, 4.69) is 4.98 Å². The minimum absolute atomic E-state index is 0.0255. The Hall–Kier alpha value is -1.29. The van der Waals surface area contributed by atoms with Gasteiger partial charge in [-0.1, -0.05) is 31.5 Å². The van der Waals surface area contributed by atoms with Gasteiger partial charge >= 0.3 is 6.18 Å². The average Bonchev–Trinajstić information content (AvgIpc) is 2.29. The number of nitrogens with zero attached hydrogens (tertiary/aromatic N) is 1. The molecule has 1 aromatic heterocycles. The van der Waals surface area contributed by atoms with Crippen LogP contribution in [-0.2, 0) is 6.18 Å². The first-order valence-electron chi connectivity index (χ1n) is 5.10. The van der Waals surface area contributed by atoms with Gasteiger partial charge in [0.15, 0.2) is 0 Å². The summed E-state index contributed by atoms with van der Waals surface area (Å²) in [6, 6.07) is 5.48. The maximum absolute atomic E-state index is 12.7. The molecule has 0 aliphatic rings. The molecule has 1 heterocycles. The number of alkyl halides is 3. The number of rotatable bonds is 0. The molecule has 0 aliphatic heterocycles. The van der Waals surface area contributed by atoms with E-state index in [1.165, 1.54) is 30.5 Å². The Morgan fingerprint density at radius 3 is 2.35 bits per heavy atom. The maximum atomic E-state index is 12.7. The molecule has 0 aliphatic carbocycles. The summed E-state index contributed by atoms with van der Waals surface area (Å²) in [5.74, 6) is 0. The Morgan fingerprint density at radius 1 is 1.12 bits per heavy atom. The molecule has 0 bridgehead atoms. The van der Waals surface area contributed by atoms with Crippen molar-refractivity contribution < 1.29 is 13.2 Å². The highest BCUT2D eigenvalue weighted by Crippen LogP contribution is 2.38. The number of benzene rings is 1. The minimum Gasteiger partial charge on any atom is -0.256 e. The molecule has 0 saturated carbocycles. The molecule has 2 aromatic rings. The second kappa shape index (κ2) is 5.36. The lowest BCUT2D eigenvalue weighted by atomic mass is 10.1. The van der Waals surface area contributed by atoms with Gasteiger partial charge in [0.05, 0.1) is 16.1 Å². The molecule has 0 N–H and O–H groups in total. The van der Waals surface area contributed by atoms with Crippen LogP contribution in [0.5, 0.6) is 0 Å². The van der Waals surface area contributed by atoms with E-state index in [-0.39, 0.29) is 15.9 Å². The summed E-state index contributed by atoms with van der Waals surface area (Å²) in [7, 11) is 0. The van der Waals surface area contributed by atoms with Gasteiger partial charge in [-0.25, -0.2) is 0 Å². The average molecular weight is 262 g/mol. The Labute approximate surface area is 102 Å². The van der Waals surface area contributed by atoms with Gasteiger partial charge < -0.3 is 0 Å². The molecule has 2 rings (SSSR count). The van der Waals surface area contributed by atoms with Crippen molar-refractivity contribution in [2.24, 2.45) is 0 Å². The molecule has 92 valence electrons. The third kappa shape index (κ3) is 2.88. The van der Waals surface area contributed by atoms with E-state index in [1.807, 2.05) is 13.8 Å². The summed E-state index contributed by atoms with van der Waals surface area (Å²) in [5, 5.41) is -0.277. The van der Waals surface area contributed by atoms with Crippen molar-refractivity contribution in [1.82, 2.24) is 4.98 Å². The zero-order chi connectivity index (χ0) is 13.1. The van der Waals surface area contributed by atoms with Crippen molar-refractivity contribution >= 4 is 22.5 Å². The van der Waals surface area contributed by atoms with E-state index in [4.69, 9.17) is 11.6 Å². The first-order valence-corrected chi connectivity index (χ1v) is 5.48. The van der Waals surface area contributed by atoms with Gasteiger partial charge in [-0.3, -0.25) is 4.98 Å². The molecule has 0 amide bonds. The predicted molar refractivity (Wildman–Crippen MR) is 63.1 cm³/mol. The molecule has 0 spiro atoms. The van der Waals surface area contributed by atoms with Gasteiger partial charge in [-0.15, -0.1) is 0 Å². The minimum atomic E-state index is -4.46. The normalized spacial score (nSPS) is 10.9. The number of fused-ring (bicyclic) bond motifs is 1. The van der Waals surface area contributed by atoms with Gasteiger partial charge in [0.25, 0.3) is 0 Å². The van der Waals surface area contributed by atoms with Crippen LogP contribution in [0.4, 0.5) is 13.2 Å². The van der Waals surface area contributed by atoms with Crippen molar-refractivity contribution in [2.75, 3.05) is 0 Å². The van der Waals surface area contributed by atoms with E-state index in [1.54, 1.807) is 0 Å². The number of pyridine rings is 1. The van der Waals surface area contributed by atoms with Crippen LogP contribution in [0.15, 0.2) is 30.5 Å². The SMILES string of the molecule is CC.FC(F)(F)c1c(Cl)ccc2ncccc12. The molecule has 1 aromatic carbocycles. The molecule has 5 heteroatoms. The van der Waals surface area contributed by atoms with Crippen LogP contribution in [0.3, 0.4) is 0 Å². The topological polar surface area (TPSA) is 12.9 Å². The maximum Gasteiger partial charge on any atom is 0.418 e. The van der Waals surface area contributed by atoms with Crippen molar-refractivity contribution in [3.8, 4) is 0 Å². The first kappa shape index (κ1) is 13.8. The summed E-state index contributed by atoms with van der Waals surface area (Å²) in [5.41, 5.74) is -0.538. The fourth-order valence-corrected chi connectivity index (χ4v) is 1.69. The van der Waals surface area contributed by atoms with Gasteiger partial charge in [0.1, 0.15) is 0 Å². The Morgan fingerprint density at radius 2 is 1.76 bits per heavy atom. The van der Waals surface area contributed by atoms with Crippen molar-refractivity contribution in [1.29, 1.82) is 0 Å². The van der Waals surface area contributed by atoms with E-state index in [9.17, 15) is 13.2 Å². The zero-order valence-electron chi connectivity index (χ0n) is 9.35. The van der Waals surface area contributed by atoms with E-state index in [0.717, 1.165) is 0 Å². The summed E-state index contributed by atoms with van der Waals surface area (Å²) >= 11 is 5.54. The Bertz CT molecular complexity index is 509. The molecule has 0 atom stereocenters. The Kier molecular flexibility index (Phi) is 4.34. The van der Waals surface area contributed by atoms with Gasteiger partial charge in [-0.2, -0.15) is 13.2 Å². The Balaban J connectivity index is 0.000000686. The third-order valence-corrected chi connectivity index (χ3v) is 2.33. The largest absolute Gasteiger partial charge is 0.418 e. The van der Waals surface area contributed by atoms with Crippen LogP contribution in [-0.4, -0.2) is 4.98 Å². The molecule has 0 fully saturated rings. The quantitative estimate of drug-likeness (QED) is 0.655. The van der Waals surface area contributed by atoms with Crippen molar-refractivity contribution in [3.63, 3.8) is 0 Å². The molecule has 17 heavy (non-hydrogen) atoms. The monoisotopic (exact) mass is 261 g/mol. The van der Waals surface area contributed by atoms with E-state index in [0.29, 0.717) is 0 Å². The number of hydrogen-bond acceptors (Lipinski definition) is 1. The fraction of sp³-hybridized carbons (Fsp3) is 0.250. The second-order valence-electron chi connectivity index (χ2n) is 2.99. The summed E-state index contributed by atoms with van der Waals surface area (Å²) in [4.78, 5) is 3.84. The second-order valence-corrected chi connectivity index (χ2v) is 3.40. The first-order chi connectivity index (χ1) is 8.00. The van der Waals surface area contributed by atoms with Crippen LogP contribution in [0, 0.1) is 0 Å². The van der Waals surface area contributed by atoms with Gasteiger partial charge in [0.2, 0.25) is 0 Å². The van der Waals surface area contributed by atoms with E-state index < -0.39 is 11.7 Å². The van der Waals surface area contributed by atoms with E-state index >= 15 is 0 Å². The highest BCUT2D eigenvalue weighted by molar-refractivity contribution is 6.32. The van der Waals surface area contributed by atoms with Crippen LogP contribution in [0.1, 0.15) is 19.4 Å². The predicted octanol–water partition coefficient (Wildman–Crippen LogP) is 4.93. The van der Waals surface area contributed by atoms with Crippen LogP contribution in [0.25, 0.3) is 10.9 Å². The van der Waals surface area contributed by atoms with Crippen LogP contribution >= 0.6 is 11.6 Å². The summed E-state index contributed by atoms with van der Waals surface area (Å²) < 4.78 is 38.0. The van der Waals surface area contributed by atoms with Crippen molar-refractivity contribution in [3.05, 3.63) is 41.0 Å². The smallest absolute Gasteiger partial charge is 0.256 e. The highest BCUT2D eigenvalue weighted by atomic mass is 35.5. The number of hydrogen-bond donors (Lipinski definition) is 0. The standard InChI is InChI=1S/C10H5ClF3N.C2H6/c11-7-3-4-8-6(2-1-5-15-8)9(7)10(12,13)14;1-2/h1-5H;1-2H3. The number of aromatic nitrogens is 1. The van der Waals surface area contributed by atoms with Crippen LogP contribution < -0.4 is 0 Å². The third-order valence-electron chi connectivity index (χ3n) is 2.02. The van der Waals surface area contributed by atoms with Crippen molar-refractivity contribution in [2.45, 2.75) is 20.0 Å². The lowest BCUT2D eigenvalue weighted by Crippen LogP contribution is -2.07. The molecule has 0 unspecified atom stereocenters.